The summed E-state index contributed by atoms with van der Waals surface area (Å²) in [6, 6.07) is 0.276. The molecule has 0 bridgehead atoms. The van der Waals surface area contributed by atoms with Crippen molar-refractivity contribution in [1.29, 1.82) is 0 Å². The van der Waals surface area contributed by atoms with Crippen LogP contribution in [0.1, 0.15) is 245 Å². The Morgan fingerprint density at radius 3 is 1.58 bits per heavy atom. The Balaban J connectivity index is 0.0000296. The molecule has 0 spiro atoms. The van der Waals surface area contributed by atoms with Crippen molar-refractivity contribution in [2.24, 2.45) is 0 Å². The number of fused-ring (bicyclic) bond motifs is 1. The van der Waals surface area contributed by atoms with Gasteiger partial charge in [-0.05, 0) is 25.7 Å². The summed E-state index contributed by atoms with van der Waals surface area (Å²) in [7, 11) is -4.88. The largest absolute Gasteiger partial charge is 1.00 e. The summed E-state index contributed by atoms with van der Waals surface area (Å²) in [6.07, 6.45) is 38.7. The van der Waals surface area contributed by atoms with Gasteiger partial charge in [0.05, 0.1) is 45.1 Å². The molecule has 0 aliphatic carbocycles. The minimum Gasteiger partial charge on any atom is -0.756 e. The van der Waals surface area contributed by atoms with Crippen LogP contribution in [0.5, 0.6) is 0 Å². The molecule has 0 aromatic rings. The van der Waals surface area contributed by atoms with Crippen LogP contribution in [0.4, 0.5) is 4.79 Å². The molecule has 4 amide bonds. The number of unbranched alkanes of at least 4 members (excludes halogenated alkanes) is 29. The molecule has 0 aromatic heterocycles. The van der Waals surface area contributed by atoms with Crippen molar-refractivity contribution in [2.75, 3.05) is 65.1 Å². The number of rotatable bonds is 55. The number of hydrogen-bond donors (Lipinski definition) is 5. The average molecular weight is 1160 g/mol. The molecule has 2 aliphatic rings. The van der Waals surface area contributed by atoms with Crippen LogP contribution < -0.4 is 61.9 Å². The van der Waals surface area contributed by atoms with Crippen molar-refractivity contribution >= 4 is 49.4 Å². The first kappa shape index (κ1) is 76.5. The Morgan fingerprint density at radius 2 is 1.04 bits per heavy atom. The molecule has 78 heavy (non-hydrogen) atoms. The van der Waals surface area contributed by atoms with Crippen molar-refractivity contribution in [3.8, 4) is 0 Å². The standard InChI is InChI=1S/C57H107N4O13PS.H3N.Na/c1-3-5-7-9-11-13-15-17-19-21-23-25-27-29-31-37-54(64)71-45-49(74-55(65)38-32-30-28-26-24-22-20-18-16-14-12-10-8-6-4-2)46-73-75(67,68)72-42-40-59-53(63)47-70-44-43-69-41-39-58-52(62)36-34-33-35-51-56-50(48-76-51)60-57(66)61-56;;/h49-51,56H,3-48H2,1-2H3,(H,58,62)(H,59,63)(H,67,68)(H2,60,61,66);1H3;/q;;+1/p-1/t49-,50+,51+,56+;;/m1../s1. The molecular formula is C57H109N5NaO13PS. The normalized spacial score (nSPS) is 16.7. The van der Waals surface area contributed by atoms with Gasteiger partial charge in [-0.25, -0.2) is 4.79 Å². The summed E-state index contributed by atoms with van der Waals surface area (Å²) in [5.74, 6) is -0.568. The van der Waals surface area contributed by atoms with Gasteiger partial charge in [0.15, 0.2) is 6.10 Å². The molecule has 2 fully saturated rings. The molecule has 7 N–H and O–H groups in total. The number of hydrogen-bond acceptors (Lipinski definition) is 15. The molecule has 2 saturated heterocycles. The van der Waals surface area contributed by atoms with E-state index < -0.39 is 45.0 Å². The van der Waals surface area contributed by atoms with Gasteiger partial charge in [-0.3, -0.25) is 23.7 Å². The zero-order chi connectivity index (χ0) is 55.0. The Morgan fingerprint density at radius 1 is 0.577 bits per heavy atom. The maximum absolute atomic E-state index is 12.9. The second-order valence-electron chi connectivity index (χ2n) is 21.0. The summed E-state index contributed by atoms with van der Waals surface area (Å²) < 4.78 is 44.4. The molecule has 2 aliphatic heterocycles. The fourth-order valence-corrected chi connectivity index (χ4v) is 11.8. The SMILES string of the molecule is CCCCCCCCCCCCCCCCCC(=O)OC[C@H](COP(=O)([O-])OCCNC(=O)COCCOCCNC(=O)CCCC[C@@H]1SC[C@@H]2NC(=O)N[C@@H]21)OC(=O)CCCCCCCCCCCCCCCCC.N.[Na+]. The molecule has 452 valence electrons. The van der Waals surface area contributed by atoms with E-state index in [2.05, 4.69) is 35.1 Å². The Hall–Kier alpha value is -1.51. The zero-order valence-electron chi connectivity index (χ0n) is 49.2. The first-order chi connectivity index (χ1) is 37.0. The van der Waals surface area contributed by atoms with Crippen LogP contribution >= 0.6 is 19.6 Å². The van der Waals surface area contributed by atoms with Gasteiger partial charge in [-0.2, -0.15) is 11.8 Å². The van der Waals surface area contributed by atoms with Crippen LogP contribution in [0.15, 0.2) is 0 Å². The third-order valence-corrected chi connectivity index (χ3v) is 16.5. The number of amides is 4. The Bertz CT molecular complexity index is 1550. The Kier molecular flexibility index (Phi) is 52.5. The molecule has 2 rings (SSSR count). The van der Waals surface area contributed by atoms with Gasteiger partial charge in [-0.15, -0.1) is 0 Å². The van der Waals surface area contributed by atoms with Gasteiger partial charge in [0, 0.05) is 43.4 Å². The second-order valence-corrected chi connectivity index (χ2v) is 23.7. The topological polar surface area (TPSA) is 264 Å². The summed E-state index contributed by atoms with van der Waals surface area (Å²) >= 11 is 1.86. The number of thioether (sulfide) groups is 1. The van der Waals surface area contributed by atoms with E-state index in [9.17, 15) is 33.4 Å². The molecule has 0 aromatic carbocycles. The number of ether oxygens (including phenoxy) is 4. The van der Waals surface area contributed by atoms with E-state index in [1.54, 1.807) is 0 Å². The van der Waals surface area contributed by atoms with Gasteiger partial charge < -0.3 is 60.3 Å². The minimum atomic E-state index is -4.88. The summed E-state index contributed by atoms with van der Waals surface area (Å²) in [6.45, 7) is 3.74. The van der Waals surface area contributed by atoms with E-state index in [1.807, 2.05) is 11.8 Å². The maximum atomic E-state index is 12.9. The van der Waals surface area contributed by atoms with Gasteiger partial charge in [0.1, 0.15) is 13.2 Å². The number of nitrogens with one attached hydrogen (secondary N) is 4. The predicted molar refractivity (Wildman–Crippen MR) is 306 cm³/mol. The van der Waals surface area contributed by atoms with E-state index in [0.29, 0.717) is 31.1 Å². The second kappa shape index (κ2) is 53.5. The van der Waals surface area contributed by atoms with E-state index in [4.69, 9.17) is 28.0 Å². The predicted octanol–water partition coefficient (Wildman–Crippen LogP) is 8.62. The first-order valence-corrected chi connectivity index (χ1v) is 32.9. The number of carbonyl (C=O) groups is 5. The number of phosphoric acid groups is 1. The van der Waals surface area contributed by atoms with Gasteiger partial charge >= 0.3 is 47.5 Å². The number of phosphoric ester groups is 1. The van der Waals surface area contributed by atoms with Gasteiger partial charge in [-0.1, -0.05) is 200 Å². The van der Waals surface area contributed by atoms with Crippen LogP contribution in [0, 0.1) is 0 Å². The van der Waals surface area contributed by atoms with Gasteiger partial charge in [0.2, 0.25) is 11.8 Å². The fraction of sp³-hybridized carbons (Fsp3) is 0.912. The fourth-order valence-electron chi connectivity index (χ4n) is 9.52. The van der Waals surface area contributed by atoms with Crippen LogP contribution in [0.25, 0.3) is 0 Å². The quantitative estimate of drug-likeness (QED) is 0.0125. The molecule has 0 radical (unpaired) electrons. The maximum Gasteiger partial charge on any atom is 1.00 e. The average Bonchev–Trinajstić information content (AvgIpc) is 3.96. The molecule has 2 heterocycles. The van der Waals surface area contributed by atoms with Crippen molar-refractivity contribution in [3.63, 3.8) is 0 Å². The molecule has 5 atom stereocenters. The van der Waals surface area contributed by atoms with Crippen LogP contribution in [-0.4, -0.2) is 118 Å². The molecule has 1 unspecified atom stereocenters. The van der Waals surface area contributed by atoms with Crippen molar-refractivity contribution in [3.05, 3.63) is 0 Å². The van der Waals surface area contributed by atoms with E-state index in [-0.39, 0.29) is 112 Å². The van der Waals surface area contributed by atoms with Gasteiger partial charge in [0.25, 0.3) is 7.82 Å². The number of esters is 2. The van der Waals surface area contributed by atoms with Crippen molar-refractivity contribution in [1.82, 2.24) is 27.4 Å². The molecule has 0 saturated carbocycles. The van der Waals surface area contributed by atoms with Crippen molar-refractivity contribution in [2.45, 2.75) is 268 Å². The molecule has 18 nitrogen and oxygen atoms in total. The molecular weight excluding hydrogens is 1050 g/mol. The Labute approximate surface area is 498 Å². The molecule has 21 heteroatoms. The first-order valence-electron chi connectivity index (χ1n) is 30.4. The minimum absolute atomic E-state index is 0. The van der Waals surface area contributed by atoms with Crippen molar-refractivity contribution < 1.29 is 91.0 Å². The number of carbonyl (C=O) groups excluding carboxylic acids is 5. The number of urea groups is 1. The van der Waals surface area contributed by atoms with Crippen LogP contribution in [0.3, 0.4) is 0 Å². The smallest absolute Gasteiger partial charge is 0.756 e. The van der Waals surface area contributed by atoms with E-state index in [0.717, 1.165) is 63.5 Å². The third kappa shape index (κ3) is 45.1. The summed E-state index contributed by atoms with van der Waals surface area (Å²) in [5.41, 5.74) is 0. The monoisotopic (exact) mass is 1160 g/mol. The summed E-state index contributed by atoms with van der Waals surface area (Å²) in [5, 5.41) is 11.7. The van der Waals surface area contributed by atoms with Crippen LogP contribution in [-0.2, 0) is 51.7 Å². The summed E-state index contributed by atoms with van der Waals surface area (Å²) in [4.78, 5) is 74.1. The van der Waals surface area contributed by atoms with E-state index >= 15 is 0 Å². The van der Waals surface area contributed by atoms with E-state index in [1.165, 1.54) is 141 Å². The third-order valence-electron chi connectivity index (χ3n) is 14.0. The van der Waals surface area contributed by atoms with Crippen LogP contribution in [0.2, 0.25) is 0 Å². The zero-order valence-corrected chi connectivity index (χ0v) is 52.9.